The van der Waals surface area contributed by atoms with Gasteiger partial charge in [0, 0.05) is 46.2 Å². The molecule has 0 radical (unpaired) electrons. The molecule has 3 rings (SSSR count). The molecular formula is C17H22FN3O4S. The van der Waals surface area contributed by atoms with Crippen LogP contribution in [0.5, 0.6) is 0 Å². The van der Waals surface area contributed by atoms with Gasteiger partial charge in [0.1, 0.15) is 5.82 Å². The van der Waals surface area contributed by atoms with Crippen molar-refractivity contribution in [2.24, 2.45) is 0 Å². The van der Waals surface area contributed by atoms with Crippen LogP contribution in [-0.4, -0.2) is 79.6 Å². The van der Waals surface area contributed by atoms with Crippen LogP contribution in [0, 0.1) is 5.82 Å². The first-order valence-electron chi connectivity index (χ1n) is 8.58. The lowest BCUT2D eigenvalue weighted by atomic mass is 10.3. The number of likely N-dealkylation sites (tertiary alicyclic amines) is 1. The van der Waals surface area contributed by atoms with Crippen LogP contribution in [0.3, 0.4) is 0 Å². The topological polar surface area (TPSA) is 78.0 Å². The molecule has 0 aliphatic carbocycles. The molecule has 0 spiro atoms. The fourth-order valence-corrected chi connectivity index (χ4v) is 5.08. The second kappa shape index (κ2) is 7.22. The van der Waals surface area contributed by atoms with Gasteiger partial charge in [-0.1, -0.05) is 0 Å². The normalized spacial score (nSPS) is 21.2. The molecule has 3 amide bonds. The van der Waals surface area contributed by atoms with Crippen molar-refractivity contribution in [2.45, 2.75) is 23.5 Å². The van der Waals surface area contributed by atoms with E-state index in [0.29, 0.717) is 39.1 Å². The van der Waals surface area contributed by atoms with Gasteiger partial charge in [0.15, 0.2) is 9.84 Å². The van der Waals surface area contributed by atoms with Crippen LogP contribution in [0.15, 0.2) is 29.2 Å². The largest absolute Gasteiger partial charge is 0.339 e. The molecule has 7 nitrogen and oxygen atoms in total. The van der Waals surface area contributed by atoms with Crippen LogP contribution in [0.2, 0.25) is 0 Å². The van der Waals surface area contributed by atoms with Crippen molar-refractivity contribution in [1.82, 2.24) is 14.7 Å². The molecule has 0 aromatic heterocycles. The molecule has 2 aliphatic rings. The molecule has 2 fully saturated rings. The van der Waals surface area contributed by atoms with Crippen molar-refractivity contribution in [3.63, 3.8) is 0 Å². The molecule has 0 saturated carbocycles. The monoisotopic (exact) mass is 383 g/mol. The van der Waals surface area contributed by atoms with Gasteiger partial charge in [0.05, 0.1) is 10.1 Å². The highest BCUT2D eigenvalue weighted by molar-refractivity contribution is 7.92. The maximum Gasteiger partial charge on any atom is 0.320 e. The first kappa shape index (κ1) is 18.6. The molecule has 1 atom stereocenters. The van der Waals surface area contributed by atoms with Gasteiger partial charge in [-0.2, -0.15) is 0 Å². The fraction of sp³-hybridized carbons (Fsp3) is 0.529. The van der Waals surface area contributed by atoms with Crippen LogP contribution in [0.4, 0.5) is 9.18 Å². The van der Waals surface area contributed by atoms with Crippen molar-refractivity contribution < 1.29 is 22.4 Å². The van der Waals surface area contributed by atoms with Crippen LogP contribution in [0.25, 0.3) is 0 Å². The minimum absolute atomic E-state index is 0.0104. The second-order valence-corrected chi connectivity index (χ2v) is 8.86. The van der Waals surface area contributed by atoms with Gasteiger partial charge >= 0.3 is 6.03 Å². The lowest BCUT2D eigenvalue weighted by Gasteiger charge is -2.36. The third-order valence-corrected chi connectivity index (χ3v) is 7.18. The summed E-state index contributed by atoms with van der Waals surface area (Å²) in [5.74, 6) is -0.499. The second-order valence-electron chi connectivity index (χ2n) is 6.63. The number of sulfone groups is 1. The zero-order valence-corrected chi connectivity index (χ0v) is 15.4. The van der Waals surface area contributed by atoms with Crippen molar-refractivity contribution >= 4 is 21.8 Å². The minimum atomic E-state index is -3.60. The quantitative estimate of drug-likeness (QED) is 0.713. The summed E-state index contributed by atoms with van der Waals surface area (Å²) in [7, 11) is -3.60. The number of piperazine rings is 1. The Kier molecular flexibility index (Phi) is 5.17. The first-order chi connectivity index (χ1) is 12.3. The molecule has 2 aliphatic heterocycles. The van der Waals surface area contributed by atoms with E-state index in [-0.39, 0.29) is 23.4 Å². The summed E-state index contributed by atoms with van der Waals surface area (Å²) in [5.41, 5.74) is 0. The number of carbonyl (C=O) groups is 2. The number of nitrogens with zero attached hydrogens (tertiary/aromatic N) is 3. The molecule has 142 valence electrons. The van der Waals surface area contributed by atoms with E-state index in [9.17, 15) is 22.4 Å². The number of halogens is 1. The van der Waals surface area contributed by atoms with Gasteiger partial charge in [-0.05, 0) is 30.7 Å². The zero-order chi connectivity index (χ0) is 18.9. The number of urea groups is 1. The zero-order valence-electron chi connectivity index (χ0n) is 14.6. The van der Waals surface area contributed by atoms with Crippen LogP contribution < -0.4 is 0 Å². The Morgan fingerprint density at radius 2 is 1.54 bits per heavy atom. The van der Waals surface area contributed by atoms with Gasteiger partial charge in [-0.3, -0.25) is 4.79 Å². The Labute approximate surface area is 152 Å². The standard InChI is InChI=1S/C17H22FN3O4S/c1-13(22)19-8-10-20(11-9-19)17(23)21-7-6-16(12-21)26(24,25)15-4-2-14(18)3-5-15/h2-5,16H,6-12H2,1H3. The van der Waals surface area contributed by atoms with Crippen molar-refractivity contribution in [3.05, 3.63) is 30.1 Å². The van der Waals surface area contributed by atoms with E-state index in [1.807, 2.05) is 0 Å². The third kappa shape index (κ3) is 3.67. The summed E-state index contributed by atoms with van der Waals surface area (Å²) in [5, 5.41) is -0.685. The maximum absolute atomic E-state index is 13.0. The summed E-state index contributed by atoms with van der Waals surface area (Å²) in [6.45, 7) is 3.89. The highest BCUT2D eigenvalue weighted by atomic mass is 32.2. The van der Waals surface area contributed by atoms with E-state index in [0.717, 1.165) is 12.1 Å². The number of benzene rings is 1. The molecule has 1 aromatic carbocycles. The van der Waals surface area contributed by atoms with E-state index >= 15 is 0 Å². The Hall–Kier alpha value is -2.16. The maximum atomic E-state index is 13.0. The molecule has 2 heterocycles. The summed E-state index contributed by atoms with van der Waals surface area (Å²) >= 11 is 0. The minimum Gasteiger partial charge on any atom is -0.339 e. The van der Waals surface area contributed by atoms with Gasteiger partial charge in [0.25, 0.3) is 0 Å². The fourth-order valence-electron chi connectivity index (χ4n) is 3.38. The summed E-state index contributed by atoms with van der Waals surface area (Å²) in [6.07, 6.45) is 0.360. The Morgan fingerprint density at radius 3 is 2.12 bits per heavy atom. The van der Waals surface area contributed by atoms with E-state index in [1.54, 1.807) is 14.7 Å². The molecule has 0 bridgehead atoms. The summed E-state index contributed by atoms with van der Waals surface area (Å²) in [4.78, 5) is 29.0. The predicted octanol–water partition coefficient (Wildman–Crippen LogP) is 0.958. The van der Waals surface area contributed by atoms with Gasteiger partial charge in [-0.25, -0.2) is 17.6 Å². The highest BCUT2D eigenvalue weighted by Gasteiger charge is 2.38. The lowest BCUT2D eigenvalue weighted by Crippen LogP contribution is -2.53. The van der Waals surface area contributed by atoms with E-state index in [1.165, 1.54) is 19.1 Å². The number of rotatable bonds is 2. The molecule has 0 N–H and O–H groups in total. The molecule has 9 heteroatoms. The third-order valence-electron chi connectivity index (χ3n) is 4.99. The van der Waals surface area contributed by atoms with Gasteiger partial charge in [-0.15, -0.1) is 0 Å². The van der Waals surface area contributed by atoms with Crippen molar-refractivity contribution in [3.8, 4) is 0 Å². The van der Waals surface area contributed by atoms with Gasteiger partial charge in [0.2, 0.25) is 5.91 Å². The lowest BCUT2D eigenvalue weighted by molar-refractivity contribution is -0.130. The smallest absolute Gasteiger partial charge is 0.320 e. The van der Waals surface area contributed by atoms with Crippen LogP contribution in [-0.2, 0) is 14.6 Å². The molecule has 26 heavy (non-hydrogen) atoms. The molecular weight excluding hydrogens is 361 g/mol. The average Bonchev–Trinajstić information content (AvgIpc) is 3.12. The van der Waals surface area contributed by atoms with Crippen LogP contribution in [0.1, 0.15) is 13.3 Å². The highest BCUT2D eigenvalue weighted by Crippen LogP contribution is 2.25. The van der Waals surface area contributed by atoms with E-state index < -0.39 is 20.9 Å². The summed E-state index contributed by atoms with van der Waals surface area (Å²) in [6, 6.07) is 4.58. The van der Waals surface area contributed by atoms with Crippen LogP contribution >= 0.6 is 0 Å². The van der Waals surface area contributed by atoms with Crippen molar-refractivity contribution in [2.75, 3.05) is 39.3 Å². The number of hydrogen-bond acceptors (Lipinski definition) is 4. The number of hydrogen-bond donors (Lipinski definition) is 0. The predicted molar refractivity (Wildman–Crippen MR) is 92.8 cm³/mol. The molecule has 1 unspecified atom stereocenters. The first-order valence-corrected chi connectivity index (χ1v) is 10.1. The summed E-state index contributed by atoms with van der Waals surface area (Å²) < 4.78 is 38.4. The SMILES string of the molecule is CC(=O)N1CCN(C(=O)N2CCC(S(=O)(=O)c3ccc(F)cc3)C2)CC1. The van der Waals surface area contributed by atoms with Gasteiger partial charge < -0.3 is 14.7 Å². The Bertz CT molecular complexity index is 789. The van der Waals surface area contributed by atoms with E-state index in [2.05, 4.69) is 0 Å². The Morgan fingerprint density at radius 1 is 0.962 bits per heavy atom. The number of carbonyl (C=O) groups excluding carboxylic acids is 2. The van der Waals surface area contributed by atoms with Crippen molar-refractivity contribution in [1.29, 1.82) is 0 Å². The molecule has 1 aromatic rings. The Balaban J connectivity index is 1.62. The van der Waals surface area contributed by atoms with E-state index in [4.69, 9.17) is 0 Å². The average molecular weight is 383 g/mol. The molecule has 2 saturated heterocycles. The number of amides is 3.